The standard InChI is InChI=1S/C15H10FN3OS/c16-11-5-3-10(4-6-11)13-9-21-14(15(17)19-18-13)8-12-2-1-7-20-12/h1-9,17H. The number of azo groups is 1. The van der Waals surface area contributed by atoms with Gasteiger partial charge in [-0.15, -0.1) is 10.2 Å². The monoisotopic (exact) mass is 299 g/mol. The Labute approximate surface area is 124 Å². The number of hydrogen-bond acceptors (Lipinski definition) is 4. The minimum absolute atomic E-state index is 0.0600. The lowest BCUT2D eigenvalue weighted by molar-refractivity contribution is 0.557. The van der Waals surface area contributed by atoms with Crippen LogP contribution in [0.15, 0.2) is 67.6 Å². The largest absolute Gasteiger partial charge is 0.465 e. The molecule has 2 aromatic rings. The van der Waals surface area contributed by atoms with Crippen molar-refractivity contribution in [2.75, 3.05) is 0 Å². The van der Waals surface area contributed by atoms with E-state index in [1.807, 2.05) is 0 Å². The molecule has 0 spiro atoms. The van der Waals surface area contributed by atoms with Crippen LogP contribution in [0, 0.1) is 11.2 Å². The maximum atomic E-state index is 12.9. The Bertz CT molecular complexity index is 746. The molecule has 0 atom stereocenters. The Balaban J connectivity index is 1.90. The molecule has 1 aromatic heterocycles. The van der Waals surface area contributed by atoms with E-state index < -0.39 is 0 Å². The molecule has 1 aromatic carbocycles. The number of furan rings is 1. The Hall–Kier alpha value is -2.47. The molecule has 1 aliphatic rings. The molecule has 0 unspecified atom stereocenters. The third-order valence-electron chi connectivity index (χ3n) is 2.75. The van der Waals surface area contributed by atoms with Gasteiger partial charge in [-0.25, -0.2) is 4.39 Å². The van der Waals surface area contributed by atoms with Crippen LogP contribution in [0.4, 0.5) is 4.39 Å². The average molecular weight is 299 g/mol. The number of rotatable bonds is 2. The highest BCUT2D eigenvalue weighted by atomic mass is 32.2. The smallest absolute Gasteiger partial charge is 0.181 e. The molecule has 1 aliphatic heterocycles. The molecule has 21 heavy (non-hydrogen) atoms. The number of thioether (sulfide) groups is 1. The molecular weight excluding hydrogens is 289 g/mol. The van der Waals surface area contributed by atoms with Gasteiger partial charge in [-0.2, -0.15) is 0 Å². The lowest BCUT2D eigenvalue weighted by Crippen LogP contribution is -1.90. The van der Waals surface area contributed by atoms with Gasteiger partial charge < -0.3 is 4.42 Å². The van der Waals surface area contributed by atoms with Gasteiger partial charge in [0.25, 0.3) is 0 Å². The van der Waals surface area contributed by atoms with Crippen LogP contribution in [0.5, 0.6) is 0 Å². The van der Waals surface area contributed by atoms with Gasteiger partial charge in [0.05, 0.1) is 16.9 Å². The average Bonchev–Trinajstić information content (AvgIpc) is 2.93. The normalized spacial score (nSPS) is 16.9. The third-order valence-corrected chi connectivity index (χ3v) is 3.65. The summed E-state index contributed by atoms with van der Waals surface area (Å²) in [6.07, 6.45) is 3.30. The highest BCUT2D eigenvalue weighted by molar-refractivity contribution is 8.07. The first-order valence-electron chi connectivity index (χ1n) is 6.11. The minimum Gasteiger partial charge on any atom is -0.465 e. The molecule has 0 saturated carbocycles. The molecule has 0 radical (unpaired) electrons. The summed E-state index contributed by atoms with van der Waals surface area (Å²) >= 11 is 1.33. The van der Waals surface area contributed by atoms with Gasteiger partial charge in [0.2, 0.25) is 0 Å². The zero-order valence-corrected chi connectivity index (χ0v) is 11.6. The van der Waals surface area contributed by atoms with Crippen LogP contribution in [0.3, 0.4) is 0 Å². The van der Waals surface area contributed by atoms with Gasteiger partial charge in [-0.1, -0.05) is 11.8 Å². The Morgan fingerprint density at radius 3 is 2.67 bits per heavy atom. The summed E-state index contributed by atoms with van der Waals surface area (Å²) in [6, 6.07) is 9.57. The van der Waals surface area contributed by atoms with Crippen molar-refractivity contribution < 1.29 is 8.81 Å². The summed E-state index contributed by atoms with van der Waals surface area (Å²) in [7, 11) is 0. The number of nitrogens with zero attached hydrogens (tertiary/aromatic N) is 2. The quantitative estimate of drug-likeness (QED) is 0.854. The SMILES string of the molecule is N=C1N=NC(c2ccc(F)cc2)=CSC1=Cc1ccco1. The van der Waals surface area contributed by atoms with E-state index in [1.54, 1.807) is 42.0 Å². The first-order valence-corrected chi connectivity index (χ1v) is 6.99. The molecule has 2 heterocycles. The summed E-state index contributed by atoms with van der Waals surface area (Å²) in [5, 5.41) is 17.6. The molecule has 0 saturated heterocycles. The third kappa shape index (κ3) is 3.17. The van der Waals surface area contributed by atoms with E-state index in [4.69, 9.17) is 9.83 Å². The maximum Gasteiger partial charge on any atom is 0.181 e. The van der Waals surface area contributed by atoms with Crippen molar-refractivity contribution in [3.8, 4) is 0 Å². The van der Waals surface area contributed by atoms with Crippen molar-refractivity contribution >= 4 is 29.4 Å². The van der Waals surface area contributed by atoms with E-state index in [9.17, 15) is 4.39 Å². The van der Waals surface area contributed by atoms with Crippen LogP contribution in [-0.4, -0.2) is 5.84 Å². The number of benzene rings is 1. The molecule has 4 nitrogen and oxygen atoms in total. The van der Waals surface area contributed by atoms with Crippen molar-refractivity contribution in [2.24, 2.45) is 10.2 Å². The second-order valence-corrected chi connectivity index (χ2v) is 5.11. The van der Waals surface area contributed by atoms with E-state index in [1.165, 1.54) is 23.9 Å². The fourth-order valence-electron chi connectivity index (χ4n) is 1.70. The van der Waals surface area contributed by atoms with Gasteiger partial charge >= 0.3 is 0 Å². The molecule has 0 amide bonds. The van der Waals surface area contributed by atoms with Crippen molar-refractivity contribution in [1.29, 1.82) is 5.41 Å². The van der Waals surface area contributed by atoms with Crippen LogP contribution in [0.2, 0.25) is 0 Å². The number of halogens is 1. The summed E-state index contributed by atoms with van der Waals surface area (Å²) in [5.41, 5.74) is 1.34. The summed E-state index contributed by atoms with van der Waals surface area (Å²) in [6.45, 7) is 0. The van der Waals surface area contributed by atoms with Gasteiger partial charge in [-0.05, 0) is 42.5 Å². The molecular formula is C15H10FN3OS. The van der Waals surface area contributed by atoms with Crippen LogP contribution in [0.1, 0.15) is 11.3 Å². The van der Waals surface area contributed by atoms with E-state index >= 15 is 0 Å². The highest BCUT2D eigenvalue weighted by Gasteiger charge is 2.12. The van der Waals surface area contributed by atoms with Gasteiger partial charge in [0.15, 0.2) is 5.84 Å². The molecule has 104 valence electrons. The van der Waals surface area contributed by atoms with Crippen LogP contribution < -0.4 is 0 Å². The van der Waals surface area contributed by atoms with Crippen molar-refractivity contribution in [1.82, 2.24) is 0 Å². The summed E-state index contributed by atoms with van der Waals surface area (Å²) in [5.74, 6) is 0.407. The Kier molecular flexibility index (Phi) is 3.79. The lowest BCUT2D eigenvalue weighted by atomic mass is 10.2. The minimum atomic E-state index is -0.302. The molecule has 6 heteroatoms. The fraction of sp³-hybridized carbons (Fsp3) is 0. The first kappa shape index (κ1) is 13.5. The van der Waals surface area contributed by atoms with Crippen molar-refractivity contribution in [2.45, 2.75) is 0 Å². The van der Waals surface area contributed by atoms with Crippen molar-refractivity contribution in [3.05, 3.63) is 70.1 Å². The van der Waals surface area contributed by atoms with Gasteiger partial charge in [0.1, 0.15) is 11.6 Å². The second kappa shape index (κ2) is 5.88. The Morgan fingerprint density at radius 1 is 1.14 bits per heavy atom. The number of amidine groups is 1. The fourth-order valence-corrected chi connectivity index (χ4v) is 2.46. The van der Waals surface area contributed by atoms with Crippen LogP contribution >= 0.6 is 11.8 Å². The van der Waals surface area contributed by atoms with E-state index in [0.29, 0.717) is 16.4 Å². The predicted molar refractivity (Wildman–Crippen MR) is 81.2 cm³/mol. The highest BCUT2D eigenvalue weighted by Crippen LogP contribution is 2.31. The maximum absolute atomic E-state index is 12.9. The molecule has 1 N–H and O–H groups in total. The zero-order valence-electron chi connectivity index (χ0n) is 10.8. The lowest BCUT2D eigenvalue weighted by Gasteiger charge is -1.98. The second-order valence-electron chi connectivity index (χ2n) is 4.20. The molecule has 0 fully saturated rings. The summed E-state index contributed by atoms with van der Waals surface area (Å²) < 4.78 is 18.2. The number of hydrogen-bond donors (Lipinski definition) is 1. The van der Waals surface area contributed by atoms with Gasteiger partial charge in [0, 0.05) is 11.0 Å². The predicted octanol–water partition coefficient (Wildman–Crippen LogP) is 4.93. The molecule has 0 aliphatic carbocycles. The van der Waals surface area contributed by atoms with E-state index in [-0.39, 0.29) is 11.7 Å². The van der Waals surface area contributed by atoms with Crippen LogP contribution in [-0.2, 0) is 0 Å². The molecule has 0 bridgehead atoms. The van der Waals surface area contributed by atoms with Crippen molar-refractivity contribution in [3.63, 3.8) is 0 Å². The first-order chi connectivity index (χ1) is 10.2. The van der Waals surface area contributed by atoms with E-state index in [0.717, 1.165) is 5.56 Å². The molecule has 3 rings (SSSR count). The zero-order chi connectivity index (χ0) is 14.7. The van der Waals surface area contributed by atoms with E-state index in [2.05, 4.69) is 10.2 Å². The summed E-state index contributed by atoms with van der Waals surface area (Å²) in [4.78, 5) is 0.630. The number of nitrogens with one attached hydrogen (secondary N) is 1. The Morgan fingerprint density at radius 2 is 1.95 bits per heavy atom. The topological polar surface area (TPSA) is 61.7 Å². The van der Waals surface area contributed by atoms with Crippen LogP contribution in [0.25, 0.3) is 11.8 Å². The van der Waals surface area contributed by atoms with Gasteiger partial charge in [-0.3, -0.25) is 5.41 Å².